The molecule has 0 fully saturated rings. The molecule has 0 amide bonds. The molecule has 1 unspecified atom stereocenters. The van der Waals surface area contributed by atoms with Crippen molar-refractivity contribution < 1.29 is 0 Å². The molecule has 3 rings (SSSR count). The first-order valence-corrected chi connectivity index (χ1v) is 7.15. The van der Waals surface area contributed by atoms with Crippen molar-refractivity contribution in [1.82, 2.24) is 4.98 Å². The average molecular weight is 295 g/mol. The van der Waals surface area contributed by atoms with Gasteiger partial charge < -0.3 is 5.73 Å². The van der Waals surface area contributed by atoms with Crippen molar-refractivity contribution in [2.45, 2.75) is 6.04 Å². The van der Waals surface area contributed by atoms with E-state index in [1.54, 1.807) is 12.3 Å². The van der Waals surface area contributed by atoms with E-state index in [1.807, 2.05) is 36.4 Å². The summed E-state index contributed by atoms with van der Waals surface area (Å²) in [5.74, 6) is 0. The highest BCUT2D eigenvalue weighted by Crippen LogP contribution is 2.26. The van der Waals surface area contributed by atoms with E-state index in [2.05, 4.69) is 29.2 Å². The van der Waals surface area contributed by atoms with Gasteiger partial charge in [0.2, 0.25) is 0 Å². The number of pyridine rings is 1. The summed E-state index contributed by atoms with van der Waals surface area (Å²) in [6, 6.07) is 21.7. The molecule has 0 saturated carbocycles. The van der Waals surface area contributed by atoms with Crippen molar-refractivity contribution in [3.63, 3.8) is 0 Å². The predicted octanol–water partition coefficient (Wildman–Crippen LogP) is 4.45. The SMILES string of the molecule is NC(c1ccc(-c2ccccc2)cc1)c1ncccc1Cl. The van der Waals surface area contributed by atoms with Crippen molar-refractivity contribution >= 4 is 11.6 Å². The Hall–Kier alpha value is -2.16. The highest BCUT2D eigenvalue weighted by atomic mass is 35.5. The van der Waals surface area contributed by atoms with Crippen LogP contribution >= 0.6 is 11.6 Å². The quantitative estimate of drug-likeness (QED) is 0.775. The number of hydrogen-bond acceptors (Lipinski definition) is 2. The fraction of sp³-hybridized carbons (Fsp3) is 0.0556. The van der Waals surface area contributed by atoms with Crippen molar-refractivity contribution in [1.29, 1.82) is 0 Å². The third-order valence-corrected chi connectivity index (χ3v) is 3.78. The molecule has 21 heavy (non-hydrogen) atoms. The van der Waals surface area contributed by atoms with Gasteiger partial charge in [-0.25, -0.2) is 0 Å². The zero-order valence-electron chi connectivity index (χ0n) is 11.4. The number of nitrogens with two attached hydrogens (primary N) is 1. The first kappa shape index (κ1) is 13.8. The maximum absolute atomic E-state index is 6.26. The fourth-order valence-electron chi connectivity index (χ4n) is 2.30. The lowest BCUT2D eigenvalue weighted by Crippen LogP contribution is -2.13. The summed E-state index contributed by atoms with van der Waals surface area (Å²) < 4.78 is 0. The Bertz CT molecular complexity index is 724. The van der Waals surface area contributed by atoms with E-state index in [9.17, 15) is 0 Å². The normalized spacial score (nSPS) is 12.1. The predicted molar refractivity (Wildman–Crippen MR) is 87.2 cm³/mol. The fourth-order valence-corrected chi connectivity index (χ4v) is 2.54. The molecule has 1 atom stereocenters. The van der Waals surface area contributed by atoms with E-state index in [0.717, 1.165) is 5.56 Å². The lowest BCUT2D eigenvalue weighted by atomic mass is 9.99. The van der Waals surface area contributed by atoms with Gasteiger partial charge in [-0.05, 0) is 28.8 Å². The van der Waals surface area contributed by atoms with Crippen LogP contribution < -0.4 is 5.73 Å². The first-order valence-electron chi connectivity index (χ1n) is 6.77. The molecule has 0 saturated heterocycles. The van der Waals surface area contributed by atoms with Gasteiger partial charge in [0.15, 0.2) is 0 Å². The Morgan fingerprint density at radius 1 is 0.810 bits per heavy atom. The number of hydrogen-bond donors (Lipinski definition) is 1. The molecule has 2 aromatic carbocycles. The van der Waals surface area contributed by atoms with Gasteiger partial charge in [0, 0.05) is 6.20 Å². The van der Waals surface area contributed by atoms with Crippen LogP contribution in [0.1, 0.15) is 17.3 Å². The van der Waals surface area contributed by atoms with Crippen LogP contribution in [0.3, 0.4) is 0 Å². The Balaban J connectivity index is 1.89. The maximum atomic E-state index is 6.26. The second-order valence-corrected chi connectivity index (χ2v) is 5.24. The summed E-state index contributed by atoms with van der Waals surface area (Å²) >= 11 is 6.15. The molecule has 3 aromatic rings. The van der Waals surface area contributed by atoms with Crippen molar-refractivity contribution in [2.75, 3.05) is 0 Å². The van der Waals surface area contributed by atoms with Gasteiger partial charge in [-0.15, -0.1) is 0 Å². The van der Waals surface area contributed by atoms with Crippen LogP contribution in [-0.4, -0.2) is 4.98 Å². The van der Waals surface area contributed by atoms with Gasteiger partial charge in [-0.1, -0.05) is 66.2 Å². The number of rotatable bonds is 3. The molecule has 1 aromatic heterocycles. The highest BCUT2D eigenvalue weighted by Gasteiger charge is 2.13. The Kier molecular flexibility index (Phi) is 4.00. The van der Waals surface area contributed by atoms with E-state index >= 15 is 0 Å². The second kappa shape index (κ2) is 6.08. The smallest absolute Gasteiger partial charge is 0.0802 e. The monoisotopic (exact) mass is 294 g/mol. The standard InChI is InChI=1S/C18H15ClN2/c19-16-7-4-12-21-18(16)17(20)15-10-8-14(9-11-15)13-5-2-1-3-6-13/h1-12,17H,20H2. The van der Waals surface area contributed by atoms with Gasteiger partial charge >= 0.3 is 0 Å². The highest BCUT2D eigenvalue weighted by molar-refractivity contribution is 6.31. The third kappa shape index (κ3) is 2.97. The number of nitrogens with zero attached hydrogens (tertiary/aromatic N) is 1. The average Bonchev–Trinajstić information content (AvgIpc) is 2.56. The molecule has 0 radical (unpaired) electrons. The zero-order valence-corrected chi connectivity index (χ0v) is 12.2. The zero-order chi connectivity index (χ0) is 14.7. The summed E-state index contributed by atoms with van der Waals surface area (Å²) in [5.41, 5.74) is 10.3. The molecule has 3 heteroatoms. The van der Waals surface area contributed by atoms with Gasteiger partial charge in [-0.2, -0.15) is 0 Å². The molecular weight excluding hydrogens is 280 g/mol. The lowest BCUT2D eigenvalue weighted by Gasteiger charge is -2.13. The van der Waals surface area contributed by atoms with Crippen LogP contribution in [0.15, 0.2) is 72.9 Å². The van der Waals surface area contributed by atoms with E-state index in [4.69, 9.17) is 17.3 Å². The van der Waals surface area contributed by atoms with E-state index in [0.29, 0.717) is 10.7 Å². The molecule has 0 aliphatic rings. The van der Waals surface area contributed by atoms with Crippen LogP contribution in [0.2, 0.25) is 5.02 Å². The minimum absolute atomic E-state index is 0.316. The Morgan fingerprint density at radius 2 is 1.48 bits per heavy atom. The molecule has 0 spiro atoms. The maximum Gasteiger partial charge on any atom is 0.0802 e. The van der Waals surface area contributed by atoms with Gasteiger partial charge in [-0.3, -0.25) is 4.98 Å². The molecule has 0 aliphatic carbocycles. The van der Waals surface area contributed by atoms with E-state index in [1.165, 1.54) is 11.1 Å². The Morgan fingerprint density at radius 3 is 2.14 bits per heavy atom. The summed E-state index contributed by atoms with van der Waals surface area (Å²) in [7, 11) is 0. The number of halogens is 1. The van der Waals surface area contributed by atoms with Crippen molar-refractivity contribution in [2.24, 2.45) is 5.73 Å². The van der Waals surface area contributed by atoms with Gasteiger partial charge in [0.1, 0.15) is 0 Å². The Labute approximate surface area is 129 Å². The van der Waals surface area contributed by atoms with Crippen LogP contribution in [0.5, 0.6) is 0 Å². The number of aromatic nitrogens is 1. The third-order valence-electron chi connectivity index (χ3n) is 3.46. The van der Waals surface area contributed by atoms with Crippen LogP contribution in [-0.2, 0) is 0 Å². The molecule has 0 bridgehead atoms. The topological polar surface area (TPSA) is 38.9 Å². The largest absolute Gasteiger partial charge is 0.319 e. The molecule has 0 aliphatic heterocycles. The molecule has 2 nitrogen and oxygen atoms in total. The minimum Gasteiger partial charge on any atom is -0.319 e. The summed E-state index contributed by atoms with van der Waals surface area (Å²) in [5, 5.41) is 0.595. The van der Waals surface area contributed by atoms with Crippen LogP contribution in [0.25, 0.3) is 11.1 Å². The molecule has 2 N–H and O–H groups in total. The summed E-state index contributed by atoms with van der Waals surface area (Å²) in [4.78, 5) is 4.28. The summed E-state index contributed by atoms with van der Waals surface area (Å²) in [6.45, 7) is 0. The first-order chi connectivity index (χ1) is 10.3. The second-order valence-electron chi connectivity index (χ2n) is 4.84. The molecular formula is C18H15ClN2. The van der Waals surface area contributed by atoms with Crippen molar-refractivity contribution in [3.05, 3.63) is 89.2 Å². The molecule has 104 valence electrons. The number of benzene rings is 2. The van der Waals surface area contributed by atoms with Gasteiger partial charge in [0.05, 0.1) is 16.8 Å². The van der Waals surface area contributed by atoms with Gasteiger partial charge in [0.25, 0.3) is 0 Å². The summed E-state index contributed by atoms with van der Waals surface area (Å²) in [6.07, 6.45) is 1.71. The van der Waals surface area contributed by atoms with Crippen LogP contribution in [0.4, 0.5) is 0 Å². The lowest BCUT2D eigenvalue weighted by molar-refractivity contribution is 0.829. The van der Waals surface area contributed by atoms with Crippen LogP contribution in [0, 0.1) is 0 Å². The minimum atomic E-state index is -0.316. The van der Waals surface area contributed by atoms with E-state index < -0.39 is 0 Å². The molecule has 1 heterocycles. The van der Waals surface area contributed by atoms with Crippen molar-refractivity contribution in [3.8, 4) is 11.1 Å². The van der Waals surface area contributed by atoms with E-state index in [-0.39, 0.29) is 6.04 Å².